The average molecular weight is 222 g/mol. The number of hydrogen-bond donors (Lipinski definition) is 1. The molecule has 0 aromatic carbocycles. The predicted molar refractivity (Wildman–Crippen MR) is 55.6 cm³/mol. The van der Waals surface area contributed by atoms with Gasteiger partial charge in [0.2, 0.25) is 5.91 Å². The van der Waals surface area contributed by atoms with Gasteiger partial charge in [0.25, 0.3) is 0 Å². The summed E-state index contributed by atoms with van der Waals surface area (Å²) in [5.41, 5.74) is 4.95. The third kappa shape index (κ3) is 4.06. The molecule has 0 radical (unpaired) electrons. The van der Waals surface area contributed by atoms with Gasteiger partial charge in [0.05, 0.1) is 0 Å². The molecule has 0 saturated heterocycles. The zero-order valence-corrected chi connectivity index (χ0v) is 9.89. The molecule has 0 saturated carbocycles. The van der Waals surface area contributed by atoms with Gasteiger partial charge in [0.1, 0.15) is 5.75 Å². The molecule has 0 atom stereocenters. The number of amides is 1. The van der Waals surface area contributed by atoms with Crippen LogP contribution in [0.4, 0.5) is 0 Å². The minimum atomic E-state index is -3.27. The Kier molecular flexibility index (Phi) is 4.08. The van der Waals surface area contributed by atoms with Crippen LogP contribution < -0.4 is 5.73 Å². The van der Waals surface area contributed by atoms with Gasteiger partial charge in [0.15, 0.2) is 9.84 Å². The largest absolute Gasteiger partial charge is 0.338 e. The van der Waals surface area contributed by atoms with Crippen LogP contribution in [0, 0.1) is 0 Å². The minimum Gasteiger partial charge on any atom is -0.338 e. The zero-order chi connectivity index (χ0) is 11.6. The number of hydrogen-bond acceptors (Lipinski definition) is 4. The summed E-state index contributed by atoms with van der Waals surface area (Å²) in [6, 6.07) is 0. The molecule has 0 aromatic rings. The zero-order valence-electron chi connectivity index (χ0n) is 9.07. The topological polar surface area (TPSA) is 80.5 Å². The van der Waals surface area contributed by atoms with E-state index in [4.69, 9.17) is 5.73 Å². The van der Waals surface area contributed by atoms with Gasteiger partial charge in [-0.1, -0.05) is 0 Å². The van der Waals surface area contributed by atoms with E-state index < -0.39 is 27.0 Å². The Morgan fingerprint density at radius 1 is 1.43 bits per heavy atom. The lowest BCUT2D eigenvalue weighted by molar-refractivity contribution is -0.131. The van der Waals surface area contributed by atoms with Gasteiger partial charge >= 0.3 is 0 Å². The standard InChI is InChI=1S/C8H18N2O3S/c1-8(2,6-9)10(3)7(11)5-14(4,12)13/h5-6,9H2,1-4H3. The molecule has 0 fully saturated rings. The molecule has 0 rings (SSSR count). The maximum absolute atomic E-state index is 11.5. The Balaban J connectivity index is 4.57. The summed E-state index contributed by atoms with van der Waals surface area (Å²) in [5.74, 6) is -0.893. The third-order valence-corrected chi connectivity index (χ3v) is 2.94. The van der Waals surface area contributed by atoms with E-state index in [2.05, 4.69) is 0 Å². The molecular formula is C8H18N2O3S. The first-order valence-corrected chi connectivity index (χ1v) is 6.30. The molecule has 2 N–H and O–H groups in total. The molecule has 0 bridgehead atoms. The van der Waals surface area contributed by atoms with Gasteiger partial charge in [-0.25, -0.2) is 8.42 Å². The highest BCUT2D eigenvalue weighted by Crippen LogP contribution is 2.10. The number of carbonyl (C=O) groups excluding carboxylic acids is 1. The second-order valence-corrected chi connectivity index (χ2v) is 6.18. The van der Waals surface area contributed by atoms with Gasteiger partial charge < -0.3 is 10.6 Å². The fourth-order valence-electron chi connectivity index (χ4n) is 0.796. The van der Waals surface area contributed by atoms with Crippen molar-refractivity contribution in [3.05, 3.63) is 0 Å². The predicted octanol–water partition coefficient (Wildman–Crippen LogP) is -0.773. The molecule has 5 nitrogen and oxygen atoms in total. The Hall–Kier alpha value is -0.620. The van der Waals surface area contributed by atoms with E-state index in [1.54, 1.807) is 20.9 Å². The van der Waals surface area contributed by atoms with Crippen LogP contribution in [0.3, 0.4) is 0 Å². The molecule has 6 heteroatoms. The van der Waals surface area contributed by atoms with E-state index in [9.17, 15) is 13.2 Å². The van der Waals surface area contributed by atoms with Crippen molar-refractivity contribution in [1.29, 1.82) is 0 Å². The van der Waals surface area contributed by atoms with E-state index >= 15 is 0 Å². The highest BCUT2D eigenvalue weighted by Gasteiger charge is 2.27. The number of nitrogens with two attached hydrogens (primary N) is 1. The number of rotatable bonds is 4. The number of nitrogens with zero attached hydrogens (tertiary/aromatic N) is 1. The second kappa shape index (κ2) is 4.27. The van der Waals surface area contributed by atoms with Crippen LogP contribution in [0.25, 0.3) is 0 Å². The van der Waals surface area contributed by atoms with Crippen molar-refractivity contribution < 1.29 is 13.2 Å². The van der Waals surface area contributed by atoms with E-state index in [-0.39, 0.29) is 0 Å². The maximum atomic E-state index is 11.5. The molecule has 0 aliphatic rings. The number of sulfone groups is 1. The van der Waals surface area contributed by atoms with Gasteiger partial charge in [0, 0.05) is 25.4 Å². The molecule has 0 aromatic heterocycles. The summed E-state index contributed by atoms with van der Waals surface area (Å²) < 4.78 is 21.8. The summed E-state index contributed by atoms with van der Waals surface area (Å²) in [5, 5.41) is 0. The van der Waals surface area contributed by atoms with Crippen LogP contribution in [-0.4, -0.2) is 50.4 Å². The highest BCUT2D eigenvalue weighted by atomic mass is 32.2. The summed E-state index contributed by atoms with van der Waals surface area (Å²) in [6.45, 7) is 3.86. The number of carbonyl (C=O) groups is 1. The van der Waals surface area contributed by atoms with Crippen LogP contribution in [0.5, 0.6) is 0 Å². The van der Waals surface area contributed by atoms with Crippen molar-refractivity contribution in [3.8, 4) is 0 Å². The van der Waals surface area contributed by atoms with Gasteiger partial charge in [-0.15, -0.1) is 0 Å². The fourth-order valence-corrected chi connectivity index (χ4v) is 1.44. The van der Waals surface area contributed by atoms with E-state index in [0.717, 1.165) is 6.26 Å². The average Bonchev–Trinajstić information content (AvgIpc) is 2.00. The SMILES string of the molecule is CN(C(=O)CS(C)(=O)=O)C(C)(C)CN. The second-order valence-electron chi connectivity index (χ2n) is 4.04. The molecular weight excluding hydrogens is 204 g/mol. The van der Waals surface area contributed by atoms with Crippen LogP contribution in [-0.2, 0) is 14.6 Å². The monoisotopic (exact) mass is 222 g/mol. The van der Waals surface area contributed by atoms with Crippen molar-refractivity contribution in [2.24, 2.45) is 5.73 Å². The Morgan fingerprint density at radius 3 is 2.14 bits per heavy atom. The minimum absolute atomic E-state index is 0.291. The quantitative estimate of drug-likeness (QED) is 0.677. The molecule has 0 aliphatic carbocycles. The Morgan fingerprint density at radius 2 is 1.86 bits per heavy atom. The van der Waals surface area contributed by atoms with Crippen LogP contribution in [0.2, 0.25) is 0 Å². The summed E-state index contributed by atoms with van der Waals surface area (Å²) in [6.07, 6.45) is 1.04. The summed E-state index contributed by atoms with van der Waals surface area (Å²) in [7, 11) is -1.71. The molecule has 14 heavy (non-hydrogen) atoms. The van der Waals surface area contributed by atoms with Gasteiger partial charge in [-0.2, -0.15) is 0 Å². The van der Waals surface area contributed by atoms with Gasteiger partial charge in [-0.05, 0) is 13.8 Å². The van der Waals surface area contributed by atoms with Crippen LogP contribution in [0.15, 0.2) is 0 Å². The lowest BCUT2D eigenvalue weighted by atomic mass is 10.0. The smallest absolute Gasteiger partial charge is 0.237 e. The Bertz CT molecular complexity index is 309. The van der Waals surface area contributed by atoms with E-state index in [0.29, 0.717) is 6.54 Å². The first-order valence-electron chi connectivity index (χ1n) is 4.24. The number of likely N-dealkylation sites (N-methyl/N-ethyl adjacent to an activating group) is 1. The summed E-state index contributed by atoms with van der Waals surface area (Å²) >= 11 is 0. The lowest BCUT2D eigenvalue weighted by Crippen LogP contribution is -2.51. The first-order chi connectivity index (χ1) is 6.10. The van der Waals surface area contributed by atoms with Crippen LogP contribution >= 0.6 is 0 Å². The molecule has 84 valence electrons. The summed E-state index contributed by atoms with van der Waals surface area (Å²) in [4.78, 5) is 12.8. The molecule has 0 heterocycles. The highest BCUT2D eigenvalue weighted by molar-refractivity contribution is 7.91. The van der Waals surface area contributed by atoms with Crippen molar-refractivity contribution in [1.82, 2.24) is 4.90 Å². The van der Waals surface area contributed by atoms with E-state index in [1.807, 2.05) is 0 Å². The Labute approximate surface area is 85.2 Å². The third-order valence-electron chi connectivity index (χ3n) is 2.17. The lowest BCUT2D eigenvalue weighted by Gasteiger charge is -2.34. The normalized spacial score (nSPS) is 12.6. The molecule has 1 amide bonds. The fraction of sp³-hybridized carbons (Fsp3) is 0.875. The molecule has 0 unspecified atom stereocenters. The molecule has 0 aliphatic heterocycles. The van der Waals surface area contributed by atoms with Crippen molar-refractivity contribution in [3.63, 3.8) is 0 Å². The van der Waals surface area contributed by atoms with Crippen molar-refractivity contribution in [2.45, 2.75) is 19.4 Å². The first kappa shape index (κ1) is 13.4. The maximum Gasteiger partial charge on any atom is 0.237 e. The van der Waals surface area contributed by atoms with Crippen molar-refractivity contribution >= 4 is 15.7 Å². The van der Waals surface area contributed by atoms with Crippen molar-refractivity contribution in [2.75, 3.05) is 25.6 Å². The van der Waals surface area contributed by atoms with Crippen LogP contribution in [0.1, 0.15) is 13.8 Å². The molecule has 0 spiro atoms. The van der Waals surface area contributed by atoms with E-state index in [1.165, 1.54) is 4.90 Å². The van der Waals surface area contributed by atoms with Gasteiger partial charge in [-0.3, -0.25) is 4.79 Å².